The van der Waals surface area contributed by atoms with Crippen LogP contribution in [0.15, 0.2) is 0 Å². The Bertz CT molecular complexity index is 119. The van der Waals surface area contributed by atoms with E-state index >= 15 is 0 Å². The van der Waals surface area contributed by atoms with Crippen molar-refractivity contribution in [3.63, 3.8) is 0 Å². The van der Waals surface area contributed by atoms with Gasteiger partial charge in [-0.1, -0.05) is 13.8 Å². The number of aliphatic hydroxyl groups is 1. The molecule has 2 heteroatoms. The summed E-state index contributed by atoms with van der Waals surface area (Å²) in [4.78, 5) is 2.28. The molecule has 0 amide bonds. The molecule has 1 atom stereocenters. The van der Waals surface area contributed by atoms with Gasteiger partial charge in [0.1, 0.15) is 0 Å². The maximum Gasteiger partial charge on any atom is 0.0496 e. The van der Waals surface area contributed by atoms with Gasteiger partial charge >= 0.3 is 0 Å². The van der Waals surface area contributed by atoms with Gasteiger partial charge in [0.25, 0.3) is 0 Å². The zero-order valence-electron chi connectivity index (χ0n) is 9.09. The third-order valence-electron chi connectivity index (χ3n) is 2.75. The van der Waals surface area contributed by atoms with Crippen molar-refractivity contribution in [2.24, 2.45) is 5.41 Å². The summed E-state index contributed by atoms with van der Waals surface area (Å²) in [5.74, 6) is 0. The van der Waals surface area contributed by atoms with E-state index in [2.05, 4.69) is 39.6 Å². The second kappa shape index (κ2) is 4.83. The highest BCUT2D eigenvalue weighted by molar-refractivity contribution is 4.76. The first-order valence-corrected chi connectivity index (χ1v) is 4.76. The van der Waals surface area contributed by atoms with E-state index in [1.807, 2.05) is 0 Å². The molecule has 0 rings (SSSR count). The minimum Gasteiger partial charge on any atom is -0.396 e. The van der Waals surface area contributed by atoms with Crippen LogP contribution in [0.1, 0.15) is 34.1 Å². The molecule has 0 heterocycles. The highest BCUT2D eigenvalue weighted by Gasteiger charge is 2.23. The van der Waals surface area contributed by atoms with Crippen molar-refractivity contribution in [1.29, 1.82) is 0 Å². The smallest absolute Gasteiger partial charge is 0.0496 e. The highest BCUT2D eigenvalue weighted by Crippen LogP contribution is 2.21. The molecule has 0 aliphatic rings. The number of hydrogen-bond donors (Lipinski definition) is 1. The molecule has 0 radical (unpaired) electrons. The molecule has 1 unspecified atom stereocenters. The summed E-state index contributed by atoms with van der Waals surface area (Å²) in [7, 11) is 2.11. The van der Waals surface area contributed by atoms with Crippen LogP contribution in [0.4, 0.5) is 0 Å². The minimum absolute atomic E-state index is 0.0685. The Morgan fingerprint density at radius 1 is 1.42 bits per heavy atom. The Morgan fingerprint density at radius 2 is 1.92 bits per heavy atom. The quantitative estimate of drug-likeness (QED) is 0.684. The number of rotatable bonds is 5. The van der Waals surface area contributed by atoms with Crippen LogP contribution in [0, 0.1) is 5.41 Å². The fourth-order valence-corrected chi connectivity index (χ4v) is 1.06. The molecular weight excluding hydrogens is 150 g/mol. The van der Waals surface area contributed by atoms with Gasteiger partial charge in [-0.25, -0.2) is 0 Å². The zero-order chi connectivity index (χ0) is 9.78. The van der Waals surface area contributed by atoms with Gasteiger partial charge in [0, 0.05) is 24.6 Å². The van der Waals surface area contributed by atoms with Crippen molar-refractivity contribution in [3.05, 3.63) is 0 Å². The highest BCUT2D eigenvalue weighted by atomic mass is 16.3. The molecule has 0 aromatic heterocycles. The Hall–Kier alpha value is -0.0800. The molecule has 0 bridgehead atoms. The van der Waals surface area contributed by atoms with Crippen LogP contribution in [-0.4, -0.2) is 36.2 Å². The van der Waals surface area contributed by atoms with Crippen LogP contribution in [-0.2, 0) is 0 Å². The van der Waals surface area contributed by atoms with Crippen molar-refractivity contribution in [2.45, 2.75) is 40.2 Å². The first-order chi connectivity index (χ1) is 5.45. The van der Waals surface area contributed by atoms with Gasteiger partial charge in [-0.3, -0.25) is 0 Å². The molecule has 2 nitrogen and oxygen atoms in total. The Labute approximate surface area is 76.6 Å². The normalized spacial score (nSPS) is 17.0. The summed E-state index contributed by atoms with van der Waals surface area (Å²) in [6, 6.07) is 0.558. The summed E-state index contributed by atoms with van der Waals surface area (Å²) in [6.07, 6.45) is 1.03. The zero-order valence-corrected chi connectivity index (χ0v) is 9.09. The first-order valence-electron chi connectivity index (χ1n) is 4.76. The number of hydrogen-bond acceptors (Lipinski definition) is 2. The van der Waals surface area contributed by atoms with Crippen LogP contribution < -0.4 is 0 Å². The van der Waals surface area contributed by atoms with E-state index in [0.29, 0.717) is 6.04 Å². The number of nitrogens with zero attached hydrogens (tertiary/aromatic N) is 1. The lowest BCUT2D eigenvalue weighted by molar-refractivity contribution is 0.0840. The molecule has 0 aliphatic carbocycles. The predicted octanol–water partition coefficient (Wildman–Crippen LogP) is 1.74. The van der Waals surface area contributed by atoms with Crippen molar-refractivity contribution < 1.29 is 5.11 Å². The monoisotopic (exact) mass is 173 g/mol. The lowest BCUT2D eigenvalue weighted by Gasteiger charge is -2.33. The second-order valence-electron chi connectivity index (χ2n) is 4.33. The van der Waals surface area contributed by atoms with E-state index < -0.39 is 0 Å². The SMILES string of the molecule is CCC(C)(CO)CN(C)C(C)C. The third kappa shape index (κ3) is 3.55. The van der Waals surface area contributed by atoms with Gasteiger partial charge in [-0.15, -0.1) is 0 Å². The summed E-state index contributed by atoms with van der Waals surface area (Å²) >= 11 is 0. The van der Waals surface area contributed by atoms with Crippen molar-refractivity contribution in [1.82, 2.24) is 4.90 Å². The first kappa shape index (κ1) is 11.9. The molecule has 12 heavy (non-hydrogen) atoms. The molecule has 0 saturated heterocycles. The summed E-state index contributed by atoms with van der Waals surface area (Å²) in [5, 5.41) is 9.19. The molecule has 0 aliphatic heterocycles. The lowest BCUT2D eigenvalue weighted by Crippen LogP contribution is -2.39. The molecule has 1 N–H and O–H groups in total. The second-order valence-corrected chi connectivity index (χ2v) is 4.33. The van der Waals surface area contributed by atoms with Crippen molar-refractivity contribution >= 4 is 0 Å². The maximum atomic E-state index is 9.19. The van der Waals surface area contributed by atoms with Crippen LogP contribution in [0.5, 0.6) is 0 Å². The van der Waals surface area contributed by atoms with Crippen LogP contribution in [0.2, 0.25) is 0 Å². The van der Waals surface area contributed by atoms with E-state index in [9.17, 15) is 5.11 Å². The maximum absolute atomic E-state index is 9.19. The van der Waals surface area contributed by atoms with Crippen LogP contribution in [0.3, 0.4) is 0 Å². The van der Waals surface area contributed by atoms with Gasteiger partial charge in [-0.05, 0) is 27.3 Å². The number of aliphatic hydroxyl groups excluding tert-OH is 1. The van der Waals surface area contributed by atoms with E-state index in [-0.39, 0.29) is 12.0 Å². The standard InChI is InChI=1S/C10H23NO/c1-6-10(4,8-12)7-11(5)9(2)3/h9,12H,6-8H2,1-5H3. The average Bonchev–Trinajstić information content (AvgIpc) is 2.04. The van der Waals surface area contributed by atoms with Gasteiger partial charge in [0.2, 0.25) is 0 Å². The third-order valence-corrected chi connectivity index (χ3v) is 2.75. The van der Waals surface area contributed by atoms with E-state index in [4.69, 9.17) is 0 Å². The van der Waals surface area contributed by atoms with E-state index in [1.165, 1.54) is 0 Å². The van der Waals surface area contributed by atoms with Gasteiger partial charge < -0.3 is 10.0 Å². The van der Waals surface area contributed by atoms with Gasteiger partial charge in [0.15, 0.2) is 0 Å². The molecule has 0 fully saturated rings. The van der Waals surface area contributed by atoms with Crippen molar-refractivity contribution in [3.8, 4) is 0 Å². The van der Waals surface area contributed by atoms with Crippen LogP contribution >= 0.6 is 0 Å². The van der Waals surface area contributed by atoms with Crippen molar-refractivity contribution in [2.75, 3.05) is 20.2 Å². The topological polar surface area (TPSA) is 23.5 Å². The van der Waals surface area contributed by atoms with Crippen LogP contribution in [0.25, 0.3) is 0 Å². The fraction of sp³-hybridized carbons (Fsp3) is 1.00. The average molecular weight is 173 g/mol. The molecule has 0 spiro atoms. The predicted molar refractivity (Wildman–Crippen MR) is 53.2 cm³/mol. The fourth-order valence-electron chi connectivity index (χ4n) is 1.06. The molecule has 0 saturated carbocycles. The summed E-state index contributed by atoms with van der Waals surface area (Å²) in [6.45, 7) is 9.86. The minimum atomic E-state index is 0.0685. The molecule has 0 aromatic carbocycles. The van der Waals surface area contributed by atoms with E-state index in [0.717, 1.165) is 13.0 Å². The molecule has 74 valence electrons. The Morgan fingerprint density at radius 3 is 2.17 bits per heavy atom. The van der Waals surface area contributed by atoms with E-state index in [1.54, 1.807) is 0 Å². The Balaban J connectivity index is 4.02. The lowest BCUT2D eigenvalue weighted by atomic mass is 9.88. The molecular formula is C10H23NO. The summed E-state index contributed by atoms with van der Waals surface area (Å²) < 4.78 is 0. The summed E-state index contributed by atoms with van der Waals surface area (Å²) in [5.41, 5.74) is 0.0685. The Kier molecular flexibility index (Phi) is 4.80. The largest absolute Gasteiger partial charge is 0.396 e. The van der Waals surface area contributed by atoms with Gasteiger partial charge in [0.05, 0.1) is 0 Å². The van der Waals surface area contributed by atoms with Gasteiger partial charge in [-0.2, -0.15) is 0 Å². The molecule has 0 aromatic rings.